The van der Waals surface area contributed by atoms with Crippen molar-refractivity contribution in [3.8, 4) is 11.1 Å². The molecule has 0 bridgehead atoms. The third-order valence-corrected chi connectivity index (χ3v) is 5.38. The van der Waals surface area contributed by atoms with E-state index in [9.17, 15) is 4.79 Å². The van der Waals surface area contributed by atoms with Gasteiger partial charge in [-0.3, -0.25) is 9.78 Å². The number of rotatable bonds is 6. The zero-order valence-corrected chi connectivity index (χ0v) is 19.5. The molecule has 1 N–H and O–H groups in total. The predicted octanol–water partition coefficient (Wildman–Crippen LogP) is 4.78. The molecule has 168 valence electrons. The molecule has 1 aliphatic rings. The van der Waals surface area contributed by atoms with Crippen molar-refractivity contribution in [3.05, 3.63) is 47.0 Å². The van der Waals surface area contributed by atoms with Crippen molar-refractivity contribution < 1.29 is 13.9 Å². The minimum atomic E-state index is -0.289. The number of aryl methyl sites for hydroxylation is 2. The van der Waals surface area contributed by atoms with Gasteiger partial charge in [-0.1, -0.05) is 13.8 Å². The molecule has 2 heterocycles. The Balaban J connectivity index is 2.01. The Labute approximate surface area is 185 Å². The van der Waals surface area contributed by atoms with Crippen molar-refractivity contribution in [2.24, 2.45) is 5.92 Å². The number of ether oxygens (including phenoxy) is 1. The molecule has 6 heteroatoms. The van der Waals surface area contributed by atoms with Gasteiger partial charge in [0.1, 0.15) is 5.82 Å². The van der Waals surface area contributed by atoms with Crippen LogP contribution in [0.5, 0.6) is 0 Å². The van der Waals surface area contributed by atoms with E-state index in [2.05, 4.69) is 15.2 Å². The first-order valence-electron chi connectivity index (χ1n) is 11.1. The first kappa shape index (κ1) is 23.2. The van der Waals surface area contributed by atoms with Gasteiger partial charge in [0, 0.05) is 48.7 Å². The van der Waals surface area contributed by atoms with E-state index >= 15 is 4.39 Å². The van der Waals surface area contributed by atoms with Crippen LogP contribution in [0.25, 0.3) is 11.1 Å². The number of amides is 1. The molecule has 0 radical (unpaired) electrons. The molecule has 1 aromatic heterocycles. The summed E-state index contributed by atoms with van der Waals surface area (Å²) < 4.78 is 21.4. The van der Waals surface area contributed by atoms with Gasteiger partial charge in [-0.2, -0.15) is 0 Å². The second kappa shape index (κ2) is 9.77. The number of nitrogens with zero attached hydrogens (tertiary/aromatic N) is 2. The lowest BCUT2D eigenvalue weighted by molar-refractivity contribution is -0.121. The van der Waals surface area contributed by atoms with Crippen LogP contribution >= 0.6 is 0 Å². The molecule has 0 spiro atoms. The van der Waals surface area contributed by atoms with Crippen molar-refractivity contribution in [1.29, 1.82) is 0 Å². The molecule has 1 aliphatic heterocycles. The van der Waals surface area contributed by atoms with Crippen LogP contribution in [-0.4, -0.2) is 36.2 Å². The van der Waals surface area contributed by atoms with Gasteiger partial charge in [-0.25, -0.2) is 4.39 Å². The average Bonchev–Trinajstić information content (AvgIpc) is 2.63. The number of benzene rings is 1. The highest BCUT2D eigenvalue weighted by Gasteiger charge is 2.24. The van der Waals surface area contributed by atoms with Gasteiger partial charge in [0.25, 0.3) is 0 Å². The maximum absolute atomic E-state index is 15.6. The molecule has 5 nitrogen and oxygen atoms in total. The molecule has 2 aromatic rings. The van der Waals surface area contributed by atoms with Crippen molar-refractivity contribution >= 4 is 11.6 Å². The van der Waals surface area contributed by atoms with Crippen LogP contribution in [0, 0.1) is 25.6 Å². The lowest BCUT2D eigenvalue weighted by atomic mass is 9.96. The van der Waals surface area contributed by atoms with E-state index in [0.29, 0.717) is 25.1 Å². The number of carbonyl (C=O) groups excluding carboxylic acids is 1. The minimum absolute atomic E-state index is 0.0255. The summed E-state index contributed by atoms with van der Waals surface area (Å²) in [6.07, 6.45) is 0.598. The van der Waals surface area contributed by atoms with E-state index in [1.807, 2.05) is 59.7 Å². The maximum atomic E-state index is 15.6. The molecule has 1 aromatic carbocycles. The number of aromatic nitrogens is 1. The Morgan fingerprint density at radius 2 is 1.77 bits per heavy atom. The summed E-state index contributed by atoms with van der Waals surface area (Å²) in [5, 5.41) is 2.98. The number of hydrogen-bond acceptors (Lipinski definition) is 4. The number of carbonyl (C=O) groups is 1. The molecular weight excluding hydrogens is 393 g/mol. The van der Waals surface area contributed by atoms with E-state index in [-0.39, 0.29) is 36.4 Å². The number of nitrogens with one attached hydrogen (secondary N) is 1. The Bertz CT molecular complexity index is 914. The highest BCUT2D eigenvalue weighted by Crippen LogP contribution is 2.33. The van der Waals surface area contributed by atoms with Crippen LogP contribution in [0.1, 0.15) is 51.1 Å². The molecule has 31 heavy (non-hydrogen) atoms. The number of halogens is 1. The second-order valence-electron chi connectivity index (χ2n) is 9.14. The van der Waals surface area contributed by atoms with Crippen molar-refractivity contribution in [2.75, 3.05) is 18.0 Å². The Morgan fingerprint density at radius 1 is 1.16 bits per heavy atom. The van der Waals surface area contributed by atoms with Crippen molar-refractivity contribution in [3.63, 3.8) is 0 Å². The van der Waals surface area contributed by atoms with Crippen LogP contribution < -0.4 is 10.2 Å². The molecule has 0 unspecified atom stereocenters. The van der Waals surface area contributed by atoms with E-state index in [1.54, 1.807) is 6.07 Å². The predicted molar refractivity (Wildman–Crippen MR) is 123 cm³/mol. The van der Waals surface area contributed by atoms with Crippen LogP contribution in [-0.2, 0) is 16.1 Å². The third kappa shape index (κ3) is 6.03. The Morgan fingerprint density at radius 3 is 2.35 bits per heavy atom. The van der Waals surface area contributed by atoms with E-state index in [1.165, 1.54) is 0 Å². The quantitative estimate of drug-likeness (QED) is 0.721. The van der Waals surface area contributed by atoms with E-state index < -0.39 is 0 Å². The van der Waals surface area contributed by atoms with Crippen LogP contribution in [0.15, 0.2) is 24.3 Å². The molecule has 2 atom stereocenters. The molecule has 0 aliphatic carbocycles. The molecular formula is C25H34FN3O2. The summed E-state index contributed by atoms with van der Waals surface area (Å²) in [5.74, 6) is -0.0470. The Hall–Kier alpha value is -2.47. The average molecular weight is 428 g/mol. The van der Waals surface area contributed by atoms with Gasteiger partial charge >= 0.3 is 0 Å². The largest absolute Gasteiger partial charge is 0.372 e. The minimum Gasteiger partial charge on any atom is -0.372 e. The lowest BCUT2D eigenvalue weighted by Gasteiger charge is -2.37. The summed E-state index contributed by atoms with van der Waals surface area (Å²) >= 11 is 0. The highest BCUT2D eigenvalue weighted by atomic mass is 19.1. The van der Waals surface area contributed by atoms with E-state index in [4.69, 9.17) is 4.74 Å². The van der Waals surface area contributed by atoms with Gasteiger partial charge in [0.05, 0.1) is 12.2 Å². The number of pyridine rings is 1. The van der Waals surface area contributed by atoms with Crippen molar-refractivity contribution in [1.82, 2.24) is 10.3 Å². The van der Waals surface area contributed by atoms with Crippen LogP contribution in [0.2, 0.25) is 0 Å². The summed E-state index contributed by atoms with van der Waals surface area (Å²) in [4.78, 5) is 18.9. The lowest BCUT2D eigenvalue weighted by Crippen LogP contribution is -2.45. The summed E-state index contributed by atoms with van der Waals surface area (Å²) in [7, 11) is 0. The fourth-order valence-electron chi connectivity index (χ4n) is 4.30. The first-order chi connectivity index (χ1) is 14.6. The fourth-order valence-corrected chi connectivity index (χ4v) is 4.30. The SMILES string of the molecule is Cc1cc(-c2c(F)cc(N3C[C@@H](C)O[C@@H](C)C3)cc2CNC(=O)CC(C)C)cc(C)n1. The normalized spacial score (nSPS) is 19.0. The zero-order chi connectivity index (χ0) is 22.7. The monoisotopic (exact) mass is 427 g/mol. The standard InChI is InChI=1S/C25H34FN3O2/c1-15(2)7-24(30)27-12-21-10-22(29-13-18(5)31-19(6)14-29)11-23(26)25(21)20-8-16(3)28-17(4)9-20/h8-11,15,18-19H,7,12-14H2,1-6H3,(H,27,30)/t18-,19+. The van der Waals surface area contributed by atoms with E-state index in [0.717, 1.165) is 28.2 Å². The second-order valence-corrected chi connectivity index (χ2v) is 9.14. The Kier molecular flexibility index (Phi) is 7.31. The molecule has 1 fully saturated rings. The molecule has 0 saturated carbocycles. The number of hydrogen-bond donors (Lipinski definition) is 1. The highest BCUT2D eigenvalue weighted by molar-refractivity contribution is 5.77. The topological polar surface area (TPSA) is 54.5 Å². The molecule has 3 rings (SSSR count). The molecule has 1 amide bonds. The van der Waals surface area contributed by atoms with Gasteiger partial charge in [0.2, 0.25) is 5.91 Å². The van der Waals surface area contributed by atoms with Crippen LogP contribution in [0.4, 0.5) is 10.1 Å². The smallest absolute Gasteiger partial charge is 0.220 e. The van der Waals surface area contributed by atoms with Crippen LogP contribution in [0.3, 0.4) is 0 Å². The van der Waals surface area contributed by atoms with Gasteiger partial charge in [0.15, 0.2) is 0 Å². The first-order valence-corrected chi connectivity index (χ1v) is 11.1. The maximum Gasteiger partial charge on any atom is 0.220 e. The summed E-state index contributed by atoms with van der Waals surface area (Å²) in [5.41, 5.74) is 4.57. The van der Waals surface area contributed by atoms with Crippen molar-refractivity contribution in [2.45, 2.75) is 66.7 Å². The third-order valence-electron chi connectivity index (χ3n) is 5.38. The summed E-state index contributed by atoms with van der Waals surface area (Å²) in [6, 6.07) is 7.39. The number of anilines is 1. The fraction of sp³-hybridized carbons (Fsp3) is 0.520. The number of morpholine rings is 1. The van der Waals surface area contributed by atoms with Gasteiger partial charge < -0.3 is 15.0 Å². The van der Waals surface area contributed by atoms with Gasteiger partial charge in [-0.05, 0) is 69.0 Å². The summed E-state index contributed by atoms with van der Waals surface area (Å²) in [6.45, 7) is 13.6. The zero-order valence-electron chi connectivity index (χ0n) is 19.5. The van der Waals surface area contributed by atoms with Gasteiger partial charge in [-0.15, -0.1) is 0 Å². The molecule has 1 saturated heterocycles.